The molecule has 2 atom stereocenters. The molecule has 1 amide bonds. The Hall–Kier alpha value is -1.91. The predicted octanol–water partition coefficient (Wildman–Crippen LogP) is 1.35. The van der Waals surface area contributed by atoms with Crippen LogP contribution in [0.2, 0.25) is 0 Å². The first-order valence-corrected chi connectivity index (χ1v) is 5.75. The molecule has 94 valence electrons. The summed E-state index contributed by atoms with van der Waals surface area (Å²) in [5.74, 6) is -1.01. The van der Waals surface area contributed by atoms with Gasteiger partial charge >= 0.3 is 5.97 Å². The minimum Gasteiger partial charge on any atom is -0.468 e. The van der Waals surface area contributed by atoms with Crippen molar-refractivity contribution in [2.24, 2.45) is 11.3 Å². The maximum atomic E-state index is 12.8. The molecule has 1 saturated carbocycles. The van der Waals surface area contributed by atoms with Crippen LogP contribution < -0.4 is 4.90 Å². The summed E-state index contributed by atoms with van der Waals surface area (Å²) in [6, 6.07) is 5.70. The van der Waals surface area contributed by atoms with Gasteiger partial charge in [0.05, 0.1) is 7.11 Å². The number of benzene rings is 1. The van der Waals surface area contributed by atoms with Crippen LogP contribution >= 0.6 is 0 Å². The van der Waals surface area contributed by atoms with Crippen LogP contribution in [-0.2, 0) is 14.3 Å². The smallest absolute Gasteiger partial charge is 0.321 e. The van der Waals surface area contributed by atoms with E-state index in [4.69, 9.17) is 4.74 Å². The fourth-order valence-corrected chi connectivity index (χ4v) is 2.72. The molecule has 0 N–H and O–H groups in total. The van der Waals surface area contributed by atoms with E-state index in [0.29, 0.717) is 18.7 Å². The number of hydrogen-bond acceptors (Lipinski definition) is 3. The fraction of sp³-hybridized carbons (Fsp3) is 0.385. The first-order valence-electron chi connectivity index (χ1n) is 5.75. The van der Waals surface area contributed by atoms with Gasteiger partial charge in [-0.15, -0.1) is 0 Å². The van der Waals surface area contributed by atoms with Gasteiger partial charge in [-0.3, -0.25) is 9.59 Å². The fourth-order valence-electron chi connectivity index (χ4n) is 2.72. The lowest BCUT2D eigenvalue weighted by atomic mass is 10.1. The summed E-state index contributed by atoms with van der Waals surface area (Å²) in [5, 5.41) is 0. The van der Waals surface area contributed by atoms with E-state index in [1.807, 2.05) is 0 Å². The van der Waals surface area contributed by atoms with Crippen LogP contribution in [0.4, 0.5) is 10.1 Å². The predicted molar refractivity (Wildman–Crippen MR) is 61.3 cm³/mol. The number of halogens is 1. The second-order valence-electron chi connectivity index (χ2n) is 4.76. The molecule has 4 nitrogen and oxygen atoms in total. The summed E-state index contributed by atoms with van der Waals surface area (Å²) in [7, 11) is 1.29. The van der Waals surface area contributed by atoms with Crippen molar-refractivity contribution in [2.75, 3.05) is 18.6 Å². The zero-order valence-corrected chi connectivity index (χ0v) is 9.85. The first-order chi connectivity index (χ1) is 8.59. The number of carbonyl (C=O) groups is 2. The SMILES string of the molecule is COC(=O)C12CC1CN(c1ccc(F)cc1)C2=O. The molecule has 1 aliphatic carbocycles. The maximum Gasteiger partial charge on any atom is 0.321 e. The van der Waals surface area contributed by atoms with Gasteiger partial charge in [0.2, 0.25) is 5.91 Å². The number of esters is 1. The van der Waals surface area contributed by atoms with Crippen molar-refractivity contribution in [3.05, 3.63) is 30.1 Å². The molecular weight excluding hydrogens is 237 g/mol. The summed E-state index contributed by atoms with van der Waals surface area (Å²) in [6.45, 7) is 0.500. The normalized spacial score (nSPS) is 29.1. The van der Waals surface area contributed by atoms with Crippen LogP contribution in [0, 0.1) is 17.2 Å². The van der Waals surface area contributed by atoms with E-state index in [0.717, 1.165) is 0 Å². The molecule has 0 bridgehead atoms. The Kier molecular flexibility index (Phi) is 2.20. The summed E-state index contributed by atoms with van der Waals surface area (Å²) in [5.41, 5.74) is -0.347. The van der Waals surface area contributed by atoms with Gasteiger partial charge < -0.3 is 9.64 Å². The molecule has 1 heterocycles. The van der Waals surface area contributed by atoms with Crippen molar-refractivity contribution in [1.29, 1.82) is 0 Å². The van der Waals surface area contributed by atoms with Crippen molar-refractivity contribution in [1.82, 2.24) is 0 Å². The molecule has 2 unspecified atom stereocenters. The van der Waals surface area contributed by atoms with Crippen molar-refractivity contribution in [3.8, 4) is 0 Å². The number of nitrogens with zero attached hydrogens (tertiary/aromatic N) is 1. The number of anilines is 1. The number of rotatable bonds is 2. The van der Waals surface area contributed by atoms with Crippen molar-refractivity contribution in [3.63, 3.8) is 0 Å². The monoisotopic (exact) mass is 249 g/mol. The second kappa shape index (κ2) is 3.54. The highest BCUT2D eigenvalue weighted by Gasteiger charge is 2.72. The Labute approximate surface area is 103 Å². The van der Waals surface area contributed by atoms with E-state index in [2.05, 4.69) is 0 Å². The Morgan fingerprint density at radius 3 is 2.72 bits per heavy atom. The molecule has 1 saturated heterocycles. The lowest BCUT2D eigenvalue weighted by Gasteiger charge is -2.20. The van der Waals surface area contributed by atoms with Crippen LogP contribution in [-0.4, -0.2) is 25.5 Å². The Balaban J connectivity index is 1.89. The molecule has 1 aliphatic heterocycles. The zero-order chi connectivity index (χ0) is 12.9. The molecule has 0 aromatic heterocycles. The van der Waals surface area contributed by atoms with E-state index >= 15 is 0 Å². The minimum atomic E-state index is -0.969. The summed E-state index contributed by atoms with van der Waals surface area (Å²) < 4.78 is 17.5. The Bertz CT molecular complexity index is 528. The van der Waals surface area contributed by atoms with Gasteiger partial charge in [-0.1, -0.05) is 0 Å². The van der Waals surface area contributed by atoms with Crippen molar-refractivity contribution >= 4 is 17.6 Å². The lowest BCUT2D eigenvalue weighted by molar-refractivity contribution is -0.150. The molecule has 0 spiro atoms. The third kappa shape index (κ3) is 1.30. The lowest BCUT2D eigenvalue weighted by Crippen LogP contribution is -2.36. The topological polar surface area (TPSA) is 46.6 Å². The van der Waals surface area contributed by atoms with Gasteiger partial charge in [0.1, 0.15) is 5.82 Å². The standard InChI is InChI=1S/C13H12FNO3/c1-18-12(17)13-6-8(13)7-15(11(13)16)10-4-2-9(14)3-5-10/h2-5,8H,6-7H2,1H3. The highest BCUT2D eigenvalue weighted by Crippen LogP contribution is 2.59. The average Bonchev–Trinajstić information content (AvgIpc) is 3.04. The van der Waals surface area contributed by atoms with Crippen LogP contribution in [0.3, 0.4) is 0 Å². The number of amides is 1. The van der Waals surface area contributed by atoms with Crippen molar-refractivity contribution < 1.29 is 18.7 Å². The minimum absolute atomic E-state index is 0.0301. The van der Waals surface area contributed by atoms with E-state index in [9.17, 15) is 14.0 Å². The number of hydrogen-bond donors (Lipinski definition) is 0. The molecule has 3 rings (SSSR count). The number of piperidine rings is 1. The number of ether oxygens (including phenoxy) is 1. The zero-order valence-electron chi connectivity index (χ0n) is 9.85. The van der Waals surface area contributed by atoms with E-state index in [1.165, 1.54) is 24.1 Å². The van der Waals surface area contributed by atoms with Crippen LogP contribution in [0.25, 0.3) is 0 Å². The molecule has 2 fully saturated rings. The number of carbonyl (C=O) groups excluding carboxylic acids is 2. The van der Waals surface area contributed by atoms with E-state index < -0.39 is 11.4 Å². The van der Waals surface area contributed by atoms with E-state index in [-0.39, 0.29) is 17.6 Å². The van der Waals surface area contributed by atoms with Gasteiger partial charge in [-0.05, 0) is 30.7 Å². The molecular formula is C13H12FNO3. The molecule has 1 aromatic rings. The highest BCUT2D eigenvalue weighted by atomic mass is 19.1. The van der Waals surface area contributed by atoms with Gasteiger partial charge in [0, 0.05) is 18.2 Å². The summed E-state index contributed by atoms with van der Waals surface area (Å²) in [4.78, 5) is 25.5. The largest absolute Gasteiger partial charge is 0.468 e. The quantitative estimate of drug-likeness (QED) is 0.587. The first kappa shape index (κ1) is 11.2. The molecule has 18 heavy (non-hydrogen) atoms. The van der Waals surface area contributed by atoms with Crippen molar-refractivity contribution in [2.45, 2.75) is 6.42 Å². The van der Waals surface area contributed by atoms with Crippen LogP contribution in [0.1, 0.15) is 6.42 Å². The highest BCUT2D eigenvalue weighted by molar-refractivity contribution is 6.15. The Morgan fingerprint density at radius 2 is 2.11 bits per heavy atom. The molecule has 2 aliphatic rings. The third-order valence-corrected chi connectivity index (χ3v) is 3.82. The van der Waals surface area contributed by atoms with Gasteiger partial charge in [0.15, 0.2) is 5.41 Å². The van der Waals surface area contributed by atoms with Gasteiger partial charge in [-0.25, -0.2) is 4.39 Å². The average molecular weight is 249 g/mol. The molecule has 1 aromatic carbocycles. The summed E-state index contributed by atoms with van der Waals surface area (Å²) in [6.07, 6.45) is 0.566. The van der Waals surface area contributed by atoms with Gasteiger partial charge in [0.25, 0.3) is 0 Å². The second-order valence-corrected chi connectivity index (χ2v) is 4.76. The Morgan fingerprint density at radius 1 is 1.44 bits per heavy atom. The molecule has 5 heteroatoms. The van der Waals surface area contributed by atoms with Crippen LogP contribution in [0.15, 0.2) is 24.3 Å². The van der Waals surface area contributed by atoms with Crippen LogP contribution in [0.5, 0.6) is 0 Å². The summed E-state index contributed by atoms with van der Waals surface area (Å²) >= 11 is 0. The van der Waals surface area contributed by atoms with Gasteiger partial charge in [-0.2, -0.15) is 0 Å². The number of fused-ring (bicyclic) bond motifs is 1. The number of methoxy groups -OCH3 is 1. The maximum absolute atomic E-state index is 12.8. The third-order valence-electron chi connectivity index (χ3n) is 3.82. The van der Waals surface area contributed by atoms with E-state index in [1.54, 1.807) is 12.1 Å². The molecule has 0 radical (unpaired) electrons.